The summed E-state index contributed by atoms with van der Waals surface area (Å²) in [4.78, 5) is 23.1. The lowest BCUT2D eigenvalue weighted by molar-refractivity contribution is -0.114. The van der Waals surface area contributed by atoms with E-state index in [4.69, 9.17) is 9.47 Å². The first-order valence-corrected chi connectivity index (χ1v) is 9.90. The van der Waals surface area contributed by atoms with E-state index in [1.54, 1.807) is 13.8 Å². The molecule has 2 rings (SSSR count). The van der Waals surface area contributed by atoms with Gasteiger partial charge in [0.2, 0.25) is 5.91 Å². The van der Waals surface area contributed by atoms with Crippen LogP contribution in [-0.2, 0) is 19.6 Å². The Kier molecular flexibility index (Phi) is 6.63. The number of carbonyl (C=O) groups excluding carboxylic acids is 2. The summed E-state index contributed by atoms with van der Waals surface area (Å²) in [5.41, 5.74) is 0.766. The van der Waals surface area contributed by atoms with Gasteiger partial charge in [-0.15, -0.1) is 0 Å². The van der Waals surface area contributed by atoms with E-state index < -0.39 is 16.0 Å². The van der Waals surface area contributed by atoms with Crippen LogP contribution in [0, 0.1) is 0 Å². The molecule has 9 heteroatoms. The first-order valence-electron chi connectivity index (χ1n) is 8.42. The van der Waals surface area contributed by atoms with Gasteiger partial charge in [0.15, 0.2) is 0 Å². The third-order valence-corrected chi connectivity index (χ3v) is 4.89. The summed E-state index contributed by atoms with van der Waals surface area (Å²) in [5, 5.41) is 2.56. The SMILES string of the molecule is COc1ccc(C(=O)OC(C)C)cc1NS(=O)(=O)c1ccc(NC(C)=O)cc1. The molecule has 0 radical (unpaired) electrons. The van der Waals surface area contributed by atoms with Crippen LogP contribution in [0.2, 0.25) is 0 Å². The predicted molar refractivity (Wildman–Crippen MR) is 105 cm³/mol. The van der Waals surface area contributed by atoms with Crippen molar-refractivity contribution in [2.45, 2.75) is 31.8 Å². The molecule has 0 unspecified atom stereocenters. The van der Waals surface area contributed by atoms with E-state index in [1.165, 1.54) is 56.5 Å². The summed E-state index contributed by atoms with van der Waals surface area (Å²) in [6, 6.07) is 9.99. The van der Waals surface area contributed by atoms with Gasteiger partial charge >= 0.3 is 5.97 Å². The molecule has 1 amide bonds. The van der Waals surface area contributed by atoms with Gasteiger partial charge in [-0.2, -0.15) is 0 Å². The molecule has 0 heterocycles. The molecule has 2 aromatic rings. The standard InChI is InChI=1S/C19H22N2O6S/c1-12(2)27-19(23)14-5-10-18(26-4)17(11-14)21-28(24,25)16-8-6-15(7-9-16)20-13(3)22/h5-12,21H,1-4H3,(H,20,22). The van der Waals surface area contributed by atoms with Crippen molar-refractivity contribution < 1.29 is 27.5 Å². The average molecular weight is 406 g/mol. The molecule has 0 spiro atoms. The van der Waals surface area contributed by atoms with E-state index in [9.17, 15) is 18.0 Å². The molecule has 0 saturated heterocycles. The molecule has 0 aliphatic heterocycles. The smallest absolute Gasteiger partial charge is 0.338 e. The molecule has 2 N–H and O–H groups in total. The van der Waals surface area contributed by atoms with E-state index >= 15 is 0 Å². The van der Waals surface area contributed by atoms with Gasteiger partial charge in [-0.1, -0.05) is 0 Å². The van der Waals surface area contributed by atoms with E-state index in [1.807, 2.05) is 0 Å². The minimum atomic E-state index is -3.95. The van der Waals surface area contributed by atoms with Crippen LogP contribution in [-0.4, -0.2) is 33.5 Å². The zero-order valence-corrected chi connectivity index (χ0v) is 16.8. The lowest BCUT2D eigenvalue weighted by atomic mass is 10.2. The molecular weight excluding hydrogens is 384 g/mol. The number of esters is 1. The molecule has 150 valence electrons. The van der Waals surface area contributed by atoms with Gasteiger partial charge in [-0.05, 0) is 56.3 Å². The van der Waals surface area contributed by atoms with E-state index in [0.717, 1.165) is 0 Å². The molecule has 0 saturated carbocycles. The lowest BCUT2D eigenvalue weighted by Gasteiger charge is -2.14. The lowest BCUT2D eigenvalue weighted by Crippen LogP contribution is -2.16. The van der Waals surface area contributed by atoms with E-state index in [-0.39, 0.29) is 33.9 Å². The number of anilines is 2. The van der Waals surface area contributed by atoms with Crippen LogP contribution >= 0.6 is 0 Å². The molecule has 8 nitrogen and oxygen atoms in total. The summed E-state index contributed by atoms with van der Waals surface area (Å²) < 4.78 is 38.1. The van der Waals surface area contributed by atoms with Crippen LogP contribution in [0.4, 0.5) is 11.4 Å². The Morgan fingerprint density at radius 2 is 1.68 bits per heavy atom. The maximum absolute atomic E-state index is 12.7. The third kappa shape index (κ3) is 5.46. The third-order valence-electron chi connectivity index (χ3n) is 3.51. The number of hydrogen-bond acceptors (Lipinski definition) is 6. The van der Waals surface area contributed by atoms with Gasteiger partial charge in [-0.25, -0.2) is 13.2 Å². The summed E-state index contributed by atoms with van der Waals surface area (Å²) in [7, 11) is -2.56. The predicted octanol–water partition coefficient (Wildman–Crippen LogP) is 3.02. The van der Waals surface area contributed by atoms with Gasteiger partial charge < -0.3 is 14.8 Å². The van der Waals surface area contributed by atoms with Crippen LogP contribution in [0.5, 0.6) is 5.75 Å². The maximum atomic E-state index is 12.7. The normalized spacial score (nSPS) is 11.0. The highest BCUT2D eigenvalue weighted by atomic mass is 32.2. The molecule has 0 aliphatic rings. The van der Waals surface area contributed by atoms with Gasteiger partial charge in [0.25, 0.3) is 10.0 Å². The Labute approximate surface area is 163 Å². The van der Waals surface area contributed by atoms with Crippen LogP contribution in [0.15, 0.2) is 47.4 Å². The Morgan fingerprint density at radius 1 is 1.04 bits per heavy atom. The van der Waals surface area contributed by atoms with Crippen LogP contribution in [0.25, 0.3) is 0 Å². The number of carbonyl (C=O) groups is 2. The zero-order chi connectivity index (χ0) is 20.9. The topological polar surface area (TPSA) is 111 Å². The number of methoxy groups -OCH3 is 1. The van der Waals surface area contributed by atoms with Crippen molar-refractivity contribution in [3.8, 4) is 5.75 Å². The highest BCUT2D eigenvalue weighted by molar-refractivity contribution is 7.92. The fourth-order valence-electron chi connectivity index (χ4n) is 2.32. The molecule has 28 heavy (non-hydrogen) atoms. The summed E-state index contributed by atoms with van der Waals surface area (Å²) in [6.07, 6.45) is -0.308. The summed E-state index contributed by atoms with van der Waals surface area (Å²) >= 11 is 0. The summed E-state index contributed by atoms with van der Waals surface area (Å²) in [6.45, 7) is 4.79. The molecule has 0 aliphatic carbocycles. The van der Waals surface area contributed by atoms with E-state index in [0.29, 0.717) is 5.69 Å². The quantitative estimate of drug-likeness (QED) is 0.684. The molecular formula is C19H22N2O6S. The number of benzene rings is 2. The first-order chi connectivity index (χ1) is 13.1. The minimum Gasteiger partial charge on any atom is -0.495 e. The Bertz CT molecular complexity index is 968. The Hall–Kier alpha value is -3.07. The number of sulfonamides is 1. The number of amides is 1. The fourth-order valence-corrected chi connectivity index (χ4v) is 3.38. The van der Waals surface area contributed by atoms with Crippen LogP contribution in [0.3, 0.4) is 0 Å². The Balaban J connectivity index is 2.31. The van der Waals surface area contributed by atoms with Crippen molar-refractivity contribution in [2.75, 3.05) is 17.1 Å². The maximum Gasteiger partial charge on any atom is 0.338 e. The number of ether oxygens (including phenoxy) is 2. The van der Waals surface area contributed by atoms with Crippen molar-refractivity contribution in [2.24, 2.45) is 0 Å². The second kappa shape index (κ2) is 8.75. The summed E-state index contributed by atoms with van der Waals surface area (Å²) in [5.74, 6) is -0.583. The van der Waals surface area contributed by atoms with Crippen molar-refractivity contribution in [1.29, 1.82) is 0 Å². The Morgan fingerprint density at radius 3 is 2.21 bits per heavy atom. The van der Waals surface area contributed by atoms with Crippen molar-refractivity contribution in [3.05, 3.63) is 48.0 Å². The monoisotopic (exact) mass is 406 g/mol. The second-order valence-electron chi connectivity index (χ2n) is 6.18. The fraction of sp³-hybridized carbons (Fsp3) is 0.263. The average Bonchev–Trinajstić information content (AvgIpc) is 2.60. The highest BCUT2D eigenvalue weighted by Gasteiger charge is 2.19. The zero-order valence-electron chi connectivity index (χ0n) is 16.0. The highest BCUT2D eigenvalue weighted by Crippen LogP contribution is 2.29. The largest absolute Gasteiger partial charge is 0.495 e. The molecule has 0 bridgehead atoms. The van der Waals surface area contributed by atoms with Crippen molar-refractivity contribution in [3.63, 3.8) is 0 Å². The number of hydrogen-bond donors (Lipinski definition) is 2. The van der Waals surface area contributed by atoms with Gasteiger partial charge in [-0.3, -0.25) is 9.52 Å². The molecule has 2 aromatic carbocycles. The van der Waals surface area contributed by atoms with Crippen LogP contribution < -0.4 is 14.8 Å². The van der Waals surface area contributed by atoms with Crippen molar-refractivity contribution >= 4 is 33.3 Å². The first kappa shape index (κ1) is 21.2. The van der Waals surface area contributed by atoms with Gasteiger partial charge in [0.1, 0.15) is 5.75 Å². The number of rotatable bonds is 7. The minimum absolute atomic E-state index is 0.0150. The molecule has 0 atom stereocenters. The van der Waals surface area contributed by atoms with Gasteiger partial charge in [0, 0.05) is 12.6 Å². The van der Waals surface area contributed by atoms with E-state index in [2.05, 4.69) is 10.0 Å². The second-order valence-corrected chi connectivity index (χ2v) is 7.86. The van der Waals surface area contributed by atoms with Gasteiger partial charge in [0.05, 0.1) is 29.4 Å². The molecule has 0 aromatic heterocycles. The molecule has 0 fully saturated rings. The van der Waals surface area contributed by atoms with Crippen LogP contribution in [0.1, 0.15) is 31.1 Å². The van der Waals surface area contributed by atoms with Crippen molar-refractivity contribution in [1.82, 2.24) is 0 Å². The number of nitrogens with one attached hydrogen (secondary N) is 2.